The van der Waals surface area contributed by atoms with Crippen LogP contribution >= 0.6 is 0 Å². The predicted molar refractivity (Wildman–Crippen MR) is 87.9 cm³/mol. The third-order valence-corrected chi connectivity index (χ3v) is 5.54. The molecule has 136 valence electrons. The first kappa shape index (κ1) is 16.3. The van der Waals surface area contributed by atoms with Gasteiger partial charge in [-0.1, -0.05) is 5.21 Å². The molecule has 3 fully saturated rings. The summed E-state index contributed by atoms with van der Waals surface area (Å²) in [7, 11) is 0. The van der Waals surface area contributed by atoms with Crippen LogP contribution in [0, 0.1) is 0 Å². The van der Waals surface area contributed by atoms with Crippen LogP contribution in [0.1, 0.15) is 55.1 Å². The number of alkyl carbamates (subject to hydrolysis) is 1. The lowest BCUT2D eigenvalue weighted by Gasteiger charge is -2.37. The smallest absolute Gasteiger partial charge is 0.407 e. The van der Waals surface area contributed by atoms with Crippen molar-refractivity contribution in [1.82, 2.24) is 25.2 Å². The van der Waals surface area contributed by atoms with Crippen molar-refractivity contribution in [2.45, 2.75) is 56.2 Å². The van der Waals surface area contributed by atoms with Gasteiger partial charge in [0.2, 0.25) is 0 Å². The highest BCUT2D eigenvalue weighted by Gasteiger charge is 2.45. The zero-order chi connectivity index (χ0) is 17.4. The summed E-state index contributed by atoms with van der Waals surface area (Å²) >= 11 is 0. The van der Waals surface area contributed by atoms with Crippen LogP contribution in [0.5, 0.6) is 0 Å². The normalized spacial score (nSPS) is 32.5. The lowest BCUT2D eigenvalue weighted by molar-refractivity contribution is -0.00524. The van der Waals surface area contributed by atoms with E-state index in [1.807, 2.05) is 0 Å². The average molecular weight is 348 g/mol. The van der Waals surface area contributed by atoms with Gasteiger partial charge < -0.3 is 20.7 Å². The first-order valence-electron chi connectivity index (χ1n) is 8.98. The Morgan fingerprint density at radius 2 is 2.16 bits per heavy atom. The molecule has 3 heterocycles. The third-order valence-electron chi connectivity index (χ3n) is 5.54. The molecule has 1 spiro atoms. The maximum Gasteiger partial charge on any atom is 0.407 e. The Labute approximate surface area is 145 Å². The van der Waals surface area contributed by atoms with E-state index in [4.69, 9.17) is 10.5 Å². The van der Waals surface area contributed by atoms with Gasteiger partial charge in [-0.2, -0.15) is 0 Å². The number of amides is 2. The monoisotopic (exact) mass is 348 g/mol. The molecule has 3 N–H and O–H groups in total. The summed E-state index contributed by atoms with van der Waals surface area (Å²) in [6, 6.07) is 0.537. The van der Waals surface area contributed by atoms with Crippen molar-refractivity contribution in [3.05, 3.63) is 11.9 Å². The van der Waals surface area contributed by atoms with Gasteiger partial charge in [0.15, 0.2) is 5.69 Å². The quantitative estimate of drug-likeness (QED) is 0.801. The Bertz CT molecular complexity index is 669. The molecular weight excluding hydrogens is 324 g/mol. The third kappa shape index (κ3) is 3.20. The lowest BCUT2D eigenvalue weighted by Crippen LogP contribution is -2.52. The number of hydrogen-bond acceptors (Lipinski definition) is 6. The molecule has 25 heavy (non-hydrogen) atoms. The van der Waals surface area contributed by atoms with Crippen LogP contribution in [-0.4, -0.2) is 63.2 Å². The van der Waals surface area contributed by atoms with Crippen molar-refractivity contribution >= 4 is 12.0 Å². The number of nitrogens with one attached hydrogen (secondary N) is 1. The van der Waals surface area contributed by atoms with E-state index < -0.39 is 11.7 Å². The van der Waals surface area contributed by atoms with Gasteiger partial charge in [0.05, 0.1) is 25.3 Å². The lowest BCUT2D eigenvalue weighted by atomic mass is 9.92. The van der Waals surface area contributed by atoms with E-state index >= 15 is 0 Å². The minimum atomic E-state index is -0.597. The molecule has 2 amide bonds. The van der Waals surface area contributed by atoms with E-state index in [9.17, 15) is 9.59 Å². The van der Waals surface area contributed by atoms with Crippen LogP contribution in [0.4, 0.5) is 4.79 Å². The minimum Gasteiger partial charge on any atom is -0.439 e. The summed E-state index contributed by atoms with van der Waals surface area (Å²) in [4.78, 5) is 25.9. The highest BCUT2D eigenvalue weighted by molar-refractivity contribution is 5.92. The molecule has 1 atom stereocenters. The van der Waals surface area contributed by atoms with E-state index in [2.05, 4.69) is 15.6 Å². The Morgan fingerprint density at radius 1 is 1.36 bits per heavy atom. The molecule has 0 aromatic carbocycles. The predicted octanol–water partition coefficient (Wildman–Crippen LogP) is 0.435. The van der Waals surface area contributed by atoms with Crippen molar-refractivity contribution < 1.29 is 14.3 Å². The number of carbonyl (C=O) groups is 2. The van der Waals surface area contributed by atoms with Crippen molar-refractivity contribution in [2.24, 2.45) is 5.73 Å². The molecule has 0 bridgehead atoms. The summed E-state index contributed by atoms with van der Waals surface area (Å²) in [5.41, 5.74) is 5.70. The summed E-state index contributed by atoms with van der Waals surface area (Å²) < 4.78 is 7.22. The Hall–Kier alpha value is -2.16. The number of carbonyl (C=O) groups excluding carboxylic acids is 2. The molecule has 3 aliphatic rings. The maximum atomic E-state index is 12.8. The van der Waals surface area contributed by atoms with Gasteiger partial charge in [0, 0.05) is 12.6 Å². The standard InChI is InChI=1S/C16H24N6O3/c17-11-2-4-12(5-3-11)22-8-13(19-20-22)14(23)21-7-1-6-16(10-21)9-18-15(24)25-16/h8,11-12H,1-7,9-10,17H2,(H,18,24)/t11?,12?,16-/m1/s1. The molecule has 2 saturated heterocycles. The summed E-state index contributed by atoms with van der Waals surface area (Å²) in [6.45, 7) is 1.49. The van der Waals surface area contributed by atoms with Crippen LogP contribution in [0.2, 0.25) is 0 Å². The Kier molecular flexibility index (Phi) is 4.10. The molecule has 1 saturated carbocycles. The van der Waals surface area contributed by atoms with Crippen LogP contribution in [-0.2, 0) is 4.74 Å². The fourth-order valence-corrected chi connectivity index (χ4v) is 4.08. The summed E-state index contributed by atoms with van der Waals surface area (Å²) in [6.07, 6.45) is 6.78. The Morgan fingerprint density at radius 3 is 2.88 bits per heavy atom. The number of hydrogen-bond donors (Lipinski definition) is 2. The number of rotatable bonds is 2. The fraction of sp³-hybridized carbons (Fsp3) is 0.750. The molecule has 1 aromatic rings. The van der Waals surface area contributed by atoms with Gasteiger partial charge in [-0.25, -0.2) is 9.48 Å². The van der Waals surface area contributed by atoms with E-state index in [-0.39, 0.29) is 18.0 Å². The average Bonchev–Trinajstić information content (AvgIpc) is 3.23. The molecule has 1 aliphatic carbocycles. The topological polar surface area (TPSA) is 115 Å². The number of aromatic nitrogens is 3. The number of nitrogens with two attached hydrogens (primary N) is 1. The second-order valence-corrected chi connectivity index (χ2v) is 7.41. The molecular formula is C16H24N6O3. The molecule has 9 heteroatoms. The van der Waals surface area contributed by atoms with Gasteiger partial charge in [-0.3, -0.25) is 4.79 Å². The molecule has 9 nitrogen and oxygen atoms in total. The molecule has 0 unspecified atom stereocenters. The van der Waals surface area contributed by atoms with Crippen molar-refractivity contribution in [3.8, 4) is 0 Å². The second kappa shape index (κ2) is 6.29. The minimum absolute atomic E-state index is 0.152. The number of nitrogens with zero attached hydrogens (tertiary/aromatic N) is 4. The van der Waals surface area contributed by atoms with E-state index in [0.717, 1.165) is 38.5 Å². The first-order valence-corrected chi connectivity index (χ1v) is 8.98. The van der Waals surface area contributed by atoms with Crippen LogP contribution in [0.3, 0.4) is 0 Å². The van der Waals surface area contributed by atoms with E-state index in [1.165, 1.54) is 0 Å². The molecule has 4 rings (SSSR count). The van der Waals surface area contributed by atoms with Gasteiger partial charge in [0.25, 0.3) is 5.91 Å². The van der Waals surface area contributed by atoms with Crippen molar-refractivity contribution in [3.63, 3.8) is 0 Å². The van der Waals surface area contributed by atoms with Crippen LogP contribution in [0.15, 0.2) is 6.20 Å². The van der Waals surface area contributed by atoms with Crippen molar-refractivity contribution in [1.29, 1.82) is 0 Å². The first-order chi connectivity index (χ1) is 12.0. The largest absolute Gasteiger partial charge is 0.439 e. The summed E-state index contributed by atoms with van der Waals surface area (Å²) in [5, 5.41) is 10.9. The maximum absolute atomic E-state index is 12.8. The summed E-state index contributed by atoms with van der Waals surface area (Å²) in [5.74, 6) is -0.152. The highest BCUT2D eigenvalue weighted by atomic mass is 16.6. The van der Waals surface area contributed by atoms with Gasteiger partial charge >= 0.3 is 6.09 Å². The number of likely N-dealkylation sites (tertiary alicyclic amines) is 1. The van der Waals surface area contributed by atoms with Crippen LogP contribution in [0.25, 0.3) is 0 Å². The van der Waals surface area contributed by atoms with E-state index in [0.29, 0.717) is 25.3 Å². The fourth-order valence-electron chi connectivity index (χ4n) is 4.08. The Balaban J connectivity index is 1.43. The zero-order valence-electron chi connectivity index (χ0n) is 14.2. The van der Waals surface area contributed by atoms with Gasteiger partial charge in [-0.15, -0.1) is 5.10 Å². The van der Waals surface area contributed by atoms with E-state index in [1.54, 1.807) is 15.8 Å². The second-order valence-electron chi connectivity index (χ2n) is 7.41. The molecule has 0 radical (unpaired) electrons. The number of piperidine rings is 1. The zero-order valence-corrected chi connectivity index (χ0v) is 14.2. The van der Waals surface area contributed by atoms with Gasteiger partial charge in [-0.05, 0) is 38.5 Å². The molecule has 1 aromatic heterocycles. The van der Waals surface area contributed by atoms with Gasteiger partial charge in [0.1, 0.15) is 5.60 Å². The van der Waals surface area contributed by atoms with Crippen LogP contribution < -0.4 is 11.1 Å². The van der Waals surface area contributed by atoms with Crippen molar-refractivity contribution in [2.75, 3.05) is 19.6 Å². The molecule has 2 aliphatic heterocycles. The highest BCUT2D eigenvalue weighted by Crippen LogP contribution is 2.29. The number of ether oxygens (including phenoxy) is 1. The SMILES string of the molecule is NC1CCC(n2cc(C(=O)N3CCC[C@@]4(CNC(=O)O4)C3)nn2)CC1.